The van der Waals surface area contributed by atoms with Crippen LogP contribution in [0, 0.1) is 3.57 Å². The number of urea groups is 1. The minimum absolute atomic E-state index is 0.0331. The first-order valence-electron chi connectivity index (χ1n) is 5.83. The van der Waals surface area contributed by atoms with Gasteiger partial charge in [-0.25, -0.2) is 9.59 Å². The molecule has 1 aromatic rings. The van der Waals surface area contributed by atoms with Gasteiger partial charge in [-0.2, -0.15) is 0 Å². The van der Waals surface area contributed by atoms with Gasteiger partial charge in [-0.15, -0.1) is 0 Å². The Bertz CT molecular complexity index is 540. The van der Waals surface area contributed by atoms with Gasteiger partial charge in [0.2, 0.25) is 0 Å². The number of hydrogen-bond donors (Lipinski definition) is 2. The van der Waals surface area contributed by atoms with Crippen LogP contribution in [0.25, 0.3) is 0 Å². The molecule has 1 aromatic carbocycles. The lowest BCUT2D eigenvalue weighted by Crippen LogP contribution is -2.50. The Morgan fingerprint density at radius 3 is 2.90 bits per heavy atom. The molecular formula is C12H12ClIN2O4. The van der Waals surface area contributed by atoms with Crippen molar-refractivity contribution in [2.45, 2.75) is 6.10 Å². The molecule has 0 saturated carbocycles. The summed E-state index contributed by atoms with van der Waals surface area (Å²) in [6.45, 7) is 0.604. The van der Waals surface area contributed by atoms with Crippen LogP contribution in [0.2, 0.25) is 5.02 Å². The van der Waals surface area contributed by atoms with Crippen molar-refractivity contribution >= 4 is 51.9 Å². The Morgan fingerprint density at radius 1 is 1.50 bits per heavy atom. The van der Waals surface area contributed by atoms with Crippen LogP contribution in [-0.2, 0) is 9.53 Å². The molecule has 1 unspecified atom stereocenters. The minimum atomic E-state index is -1.07. The first kappa shape index (κ1) is 15.3. The number of carboxylic acid groups (broad SMARTS) is 1. The van der Waals surface area contributed by atoms with Gasteiger partial charge in [0.1, 0.15) is 0 Å². The molecule has 1 fully saturated rings. The van der Waals surface area contributed by atoms with E-state index in [-0.39, 0.29) is 19.2 Å². The number of nitrogens with one attached hydrogen (secondary N) is 1. The average Bonchev–Trinajstić information content (AvgIpc) is 2.42. The Labute approximate surface area is 134 Å². The van der Waals surface area contributed by atoms with E-state index in [1.165, 1.54) is 4.90 Å². The van der Waals surface area contributed by atoms with E-state index in [2.05, 4.69) is 27.9 Å². The van der Waals surface area contributed by atoms with E-state index in [1.54, 1.807) is 18.2 Å². The summed E-state index contributed by atoms with van der Waals surface area (Å²) in [6.07, 6.45) is -0.973. The zero-order valence-electron chi connectivity index (χ0n) is 10.3. The van der Waals surface area contributed by atoms with E-state index in [9.17, 15) is 9.59 Å². The van der Waals surface area contributed by atoms with E-state index >= 15 is 0 Å². The Morgan fingerprint density at radius 2 is 2.25 bits per heavy atom. The molecule has 1 atom stereocenters. The van der Waals surface area contributed by atoms with E-state index in [0.717, 1.165) is 3.57 Å². The summed E-state index contributed by atoms with van der Waals surface area (Å²) in [7, 11) is 0. The summed E-state index contributed by atoms with van der Waals surface area (Å²) in [5.41, 5.74) is 0.637. The van der Waals surface area contributed by atoms with Crippen molar-refractivity contribution in [3.63, 3.8) is 0 Å². The summed E-state index contributed by atoms with van der Waals surface area (Å²) >= 11 is 7.91. The van der Waals surface area contributed by atoms with Crippen LogP contribution in [0.15, 0.2) is 18.2 Å². The van der Waals surface area contributed by atoms with Gasteiger partial charge in [-0.05, 0) is 40.8 Å². The predicted molar refractivity (Wildman–Crippen MR) is 82.1 cm³/mol. The minimum Gasteiger partial charge on any atom is -0.479 e. The number of rotatable bonds is 2. The highest BCUT2D eigenvalue weighted by Crippen LogP contribution is 2.22. The lowest BCUT2D eigenvalue weighted by atomic mass is 10.3. The normalized spacial score (nSPS) is 18.7. The van der Waals surface area contributed by atoms with Crippen LogP contribution in [-0.4, -0.2) is 47.8 Å². The summed E-state index contributed by atoms with van der Waals surface area (Å²) in [4.78, 5) is 24.4. The summed E-state index contributed by atoms with van der Waals surface area (Å²) in [5.74, 6) is -1.07. The van der Waals surface area contributed by atoms with Crippen LogP contribution in [0.3, 0.4) is 0 Å². The maximum absolute atomic E-state index is 12.1. The van der Waals surface area contributed by atoms with Crippen molar-refractivity contribution in [2.75, 3.05) is 25.0 Å². The van der Waals surface area contributed by atoms with E-state index in [0.29, 0.717) is 17.3 Å². The number of halogens is 2. The summed E-state index contributed by atoms with van der Waals surface area (Å²) in [5, 5.41) is 12.2. The highest BCUT2D eigenvalue weighted by molar-refractivity contribution is 14.1. The second-order valence-corrected chi connectivity index (χ2v) is 5.80. The van der Waals surface area contributed by atoms with Crippen LogP contribution >= 0.6 is 34.2 Å². The molecule has 1 aliphatic rings. The zero-order valence-corrected chi connectivity index (χ0v) is 13.2. The summed E-state index contributed by atoms with van der Waals surface area (Å²) in [6, 6.07) is 4.77. The van der Waals surface area contributed by atoms with Crippen LogP contribution < -0.4 is 5.32 Å². The molecule has 6 nitrogen and oxygen atoms in total. The SMILES string of the molecule is O=C(O)C1CN(C(=O)Nc2ccc(Cl)cc2I)CCO1. The fraction of sp³-hybridized carbons (Fsp3) is 0.333. The van der Waals surface area contributed by atoms with Gasteiger partial charge in [0, 0.05) is 15.1 Å². The number of carbonyl (C=O) groups excluding carboxylic acids is 1. The maximum atomic E-state index is 12.1. The van der Waals surface area contributed by atoms with Crippen molar-refractivity contribution in [2.24, 2.45) is 0 Å². The van der Waals surface area contributed by atoms with Gasteiger partial charge in [0.15, 0.2) is 6.10 Å². The van der Waals surface area contributed by atoms with Crippen LogP contribution in [0.1, 0.15) is 0 Å². The molecule has 20 heavy (non-hydrogen) atoms. The number of anilines is 1. The number of ether oxygens (including phenoxy) is 1. The second-order valence-electron chi connectivity index (χ2n) is 4.20. The molecule has 2 amide bonds. The van der Waals surface area contributed by atoms with Gasteiger partial charge in [-0.1, -0.05) is 11.6 Å². The number of morpholine rings is 1. The third kappa shape index (κ3) is 3.74. The first-order valence-corrected chi connectivity index (χ1v) is 7.28. The average molecular weight is 411 g/mol. The van der Waals surface area contributed by atoms with Crippen molar-refractivity contribution < 1.29 is 19.4 Å². The van der Waals surface area contributed by atoms with Crippen LogP contribution in [0.5, 0.6) is 0 Å². The number of nitrogens with zero attached hydrogens (tertiary/aromatic N) is 1. The van der Waals surface area contributed by atoms with Crippen LogP contribution in [0.4, 0.5) is 10.5 Å². The van der Waals surface area contributed by atoms with E-state index in [4.69, 9.17) is 21.4 Å². The third-order valence-electron chi connectivity index (χ3n) is 2.80. The smallest absolute Gasteiger partial charge is 0.334 e. The lowest BCUT2D eigenvalue weighted by Gasteiger charge is -2.30. The Balaban J connectivity index is 2.02. The third-order valence-corrected chi connectivity index (χ3v) is 3.93. The van der Waals surface area contributed by atoms with Gasteiger partial charge in [-0.3, -0.25) is 0 Å². The van der Waals surface area contributed by atoms with E-state index < -0.39 is 12.1 Å². The monoisotopic (exact) mass is 410 g/mol. The van der Waals surface area contributed by atoms with Gasteiger partial charge < -0.3 is 20.1 Å². The fourth-order valence-corrected chi connectivity index (χ4v) is 2.77. The van der Waals surface area contributed by atoms with Gasteiger partial charge >= 0.3 is 12.0 Å². The fourth-order valence-electron chi connectivity index (χ4n) is 1.77. The molecule has 0 radical (unpaired) electrons. The molecule has 0 aliphatic carbocycles. The molecule has 2 N–H and O–H groups in total. The number of amides is 2. The molecule has 0 spiro atoms. The van der Waals surface area contributed by atoms with Crippen molar-refractivity contribution in [1.82, 2.24) is 4.90 Å². The highest BCUT2D eigenvalue weighted by Gasteiger charge is 2.29. The number of hydrogen-bond acceptors (Lipinski definition) is 3. The molecule has 1 aliphatic heterocycles. The molecule has 2 rings (SSSR count). The molecule has 1 saturated heterocycles. The van der Waals surface area contributed by atoms with Gasteiger partial charge in [0.05, 0.1) is 18.8 Å². The number of benzene rings is 1. The Kier molecular flexibility index (Phi) is 5.06. The van der Waals surface area contributed by atoms with Crippen molar-refractivity contribution in [3.05, 3.63) is 26.8 Å². The molecule has 0 aromatic heterocycles. The number of carboxylic acids is 1. The quantitative estimate of drug-likeness (QED) is 0.733. The Hall–Kier alpha value is -1.06. The molecule has 1 heterocycles. The largest absolute Gasteiger partial charge is 0.479 e. The van der Waals surface area contributed by atoms with E-state index in [1.807, 2.05) is 0 Å². The van der Waals surface area contributed by atoms with Crippen molar-refractivity contribution in [3.8, 4) is 0 Å². The second kappa shape index (κ2) is 6.59. The predicted octanol–water partition coefficient (Wildman–Crippen LogP) is 2.26. The molecule has 108 valence electrons. The number of carbonyl (C=O) groups is 2. The first-order chi connectivity index (χ1) is 9.47. The molecule has 8 heteroatoms. The standard InChI is InChI=1S/C12H12ClIN2O4/c13-7-1-2-9(8(14)5-7)15-12(19)16-3-4-20-10(6-16)11(17)18/h1-2,5,10H,3-4,6H2,(H,15,19)(H,17,18). The molecular weight excluding hydrogens is 398 g/mol. The van der Waals surface area contributed by atoms with Crippen molar-refractivity contribution in [1.29, 1.82) is 0 Å². The summed E-state index contributed by atoms with van der Waals surface area (Å²) < 4.78 is 5.88. The van der Waals surface area contributed by atoms with Gasteiger partial charge in [0.25, 0.3) is 0 Å². The highest BCUT2D eigenvalue weighted by atomic mass is 127. The molecule has 0 bridgehead atoms. The topological polar surface area (TPSA) is 78.9 Å². The maximum Gasteiger partial charge on any atom is 0.334 e. The lowest BCUT2D eigenvalue weighted by molar-refractivity contribution is -0.154. The zero-order chi connectivity index (χ0) is 14.7. The number of aliphatic carboxylic acids is 1.